The van der Waals surface area contributed by atoms with E-state index < -0.39 is 123 Å². The van der Waals surface area contributed by atoms with Crippen molar-refractivity contribution in [3.8, 4) is 0 Å². The predicted molar refractivity (Wildman–Crippen MR) is 418 cm³/mol. The summed E-state index contributed by atoms with van der Waals surface area (Å²) >= 11 is 0. The number of Topliss-reactive ketones (excluding diaryl/α,β-unsaturated/α-hetero) is 6. The van der Waals surface area contributed by atoms with Crippen molar-refractivity contribution in [3.05, 3.63) is 0 Å². The van der Waals surface area contributed by atoms with Crippen LogP contribution in [0.2, 0.25) is 0 Å². The van der Waals surface area contributed by atoms with Gasteiger partial charge < -0.3 is 104 Å². The van der Waals surface area contributed by atoms with Crippen LogP contribution >= 0.6 is 0 Å². The molecule has 4 heterocycles. The number of amides is 2. The molecule has 0 aromatic heterocycles. The molecule has 29 nitrogen and oxygen atoms in total. The Kier molecular flexibility index (Phi) is 51.6. The quantitative estimate of drug-likeness (QED) is 0.0272. The highest BCUT2D eigenvalue weighted by atomic mass is 16.7. The maximum Gasteiger partial charge on any atom is 0.222 e. The third-order valence-corrected chi connectivity index (χ3v) is 22.3. The number of nitrogens with one attached hydrogen (secondary N) is 1. The van der Waals surface area contributed by atoms with Crippen molar-refractivity contribution in [2.75, 3.05) is 85.8 Å². The van der Waals surface area contributed by atoms with E-state index in [1.807, 2.05) is 4.90 Å². The average Bonchev–Trinajstić information content (AvgIpc) is 1.53. The van der Waals surface area contributed by atoms with Crippen molar-refractivity contribution in [1.29, 1.82) is 0 Å². The van der Waals surface area contributed by atoms with E-state index in [0.29, 0.717) is 161 Å². The van der Waals surface area contributed by atoms with E-state index in [-0.39, 0.29) is 162 Å². The van der Waals surface area contributed by atoms with Gasteiger partial charge in [0.25, 0.3) is 0 Å². The lowest BCUT2D eigenvalue weighted by molar-refractivity contribution is -0.282. The molecule has 4 aliphatic heterocycles. The van der Waals surface area contributed by atoms with E-state index in [1.165, 1.54) is 0 Å². The van der Waals surface area contributed by atoms with Crippen molar-refractivity contribution in [2.45, 2.75) is 377 Å². The number of carbonyl (C=O) groups is 8. The molecule has 656 valence electrons. The molecule has 0 spiro atoms. The summed E-state index contributed by atoms with van der Waals surface area (Å²) in [5.74, 6) is -1.56. The molecule has 2 amide bonds. The van der Waals surface area contributed by atoms with Gasteiger partial charge in [0, 0.05) is 140 Å². The van der Waals surface area contributed by atoms with Crippen molar-refractivity contribution in [3.63, 3.8) is 0 Å². The van der Waals surface area contributed by atoms with Crippen LogP contribution in [0.1, 0.15) is 286 Å². The first kappa shape index (κ1) is 102. The van der Waals surface area contributed by atoms with Crippen LogP contribution in [0.4, 0.5) is 0 Å². The largest absolute Gasteiger partial charge is 0.394 e. The Morgan fingerprint density at radius 2 is 0.655 bits per heavy atom. The number of aliphatic hydroxyl groups is 10. The first-order valence-electron chi connectivity index (χ1n) is 42.9. The van der Waals surface area contributed by atoms with Gasteiger partial charge >= 0.3 is 0 Å². The fourth-order valence-electron chi connectivity index (χ4n) is 14.8. The first-order chi connectivity index (χ1) is 54.0. The standard InChI is InChI=1S/C84H148N2O27/c1-58-74(99)77(102)69(52-87)111-80(58)108-44-25-22-34-62(90)28-14-11-17-31-65(93)40-47-105-55-84(85-72(97)37-20-9-7-8-10-21-38-73(98)86-51-68(96)50-61(86)39-43-83(4,5)6,56-106-48-41-66(94)32-18-12-15-29-63(91)35-23-26-45-109-81-59(2)75(100)78(103)70(53-88)112-81)57-107-49-42-67(95)33-19-13-16-30-64(92)36-24-27-46-110-82-60(3)76(101)79(104)71(54-89)113-82/h58-61,68-71,74-82,87-89,96,99-104H,7-57H2,1-6H3,(H,85,97)/t58?,59?,60?,61-,68+,69?,70?,71?,74?,75?,76?,77?,78?,79?,80?,81?,82?,84?/m1/s1. The number of hydrogen-bond donors (Lipinski definition) is 11. The number of ether oxygens (including phenoxy) is 9. The molecule has 4 fully saturated rings. The molecule has 0 bridgehead atoms. The zero-order chi connectivity index (χ0) is 83.1. The monoisotopic (exact) mass is 1620 g/mol. The molecule has 4 rings (SSSR count). The maximum absolute atomic E-state index is 14.1. The Morgan fingerprint density at radius 3 is 0.973 bits per heavy atom. The van der Waals surface area contributed by atoms with Gasteiger partial charge in [-0.1, -0.05) is 86.5 Å². The minimum Gasteiger partial charge on any atom is -0.394 e. The van der Waals surface area contributed by atoms with Crippen molar-refractivity contribution >= 4 is 46.5 Å². The van der Waals surface area contributed by atoms with Gasteiger partial charge in [0.2, 0.25) is 11.8 Å². The summed E-state index contributed by atoms with van der Waals surface area (Å²) in [4.78, 5) is 107. The Hall–Kier alpha value is -3.80. The van der Waals surface area contributed by atoms with Crippen LogP contribution in [0, 0.1) is 23.2 Å². The van der Waals surface area contributed by atoms with E-state index in [2.05, 4.69) is 26.1 Å². The smallest absolute Gasteiger partial charge is 0.222 e. The molecular formula is C84H148N2O27. The highest BCUT2D eigenvalue weighted by Crippen LogP contribution is 2.32. The normalized spacial score (nSPS) is 26.7. The van der Waals surface area contributed by atoms with Crippen LogP contribution in [0.3, 0.4) is 0 Å². The molecule has 15 unspecified atom stereocenters. The molecule has 4 saturated heterocycles. The molecular weight excluding hydrogens is 1470 g/mol. The highest BCUT2D eigenvalue weighted by Gasteiger charge is 2.45. The Morgan fingerprint density at radius 1 is 0.372 bits per heavy atom. The molecule has 11 N–H and O–H groups in total. The minimum absolute atomic E-state index is 0.0146. The second kappa shape index (κ2) is 57.4. The van der Waals surface area contributed by atoms with Crippen LogP contribution in [0.15, 0.2) is 0 Å². The van der Waals surface area contributed by atoms with E-state index in [0.717, 1.165) is 44.9 Å². The lowest BCUT2D eigenvalue weighted by Gasteiger charge is -2.40. The Balaban J connectivity index is 1.28. The molecule has 0 aliphatic carbocycles. The van der Waals surface area contributed by atoms with Gasteiger partial charge in [-0.2, -0.15) is 0 Å². The van der Waals surface area contributed by atoms with Gasteiger partial charge in [-0.3, -0.25) is 38.4 Å². The van der Waals surface area contributed by atoms with Gasteiger partial charge in [-0.25, -0.2) is 0 Å². The molecule has 17 atom stereocenters. The topological polar surface area (TPSA) is 437 Å². The summed E-state index contributed by atoms with van der Waals surface area (Å²) in [5, 5.41) is 103. The van der Waals surface area contributed by atoms with Crippen LogP contribution in [0.5, 0.6) is 0 Å². The molecule has 29 heteroatoms. The number of β-amino-alcohol motifs (C(OH)–C–C–N with tert-alkyl or cyclic N) is 1. The Bertz CT molecular complexity index is 2450. The zero-order valence-corrected chi connectivity index (χ0v) is 69.2. The Labute approximate surface area is 672 Å². The number of hydrogen-bond acceptors (Lipinski definition) is 27. The fraction of sp³-hybridized carbons (Fsp3) is 0.905. The SMILES string of the molecule is CC1C(OCCCCC(=O)CCCCCC(=O)CCOCC(COCCC(=O)CCCCCC(=O)CCCCOC2OC(CO)C(O)C(O)C2C)(COCCC(=O)CCCCCC(=O)CCCCOC2OC(CO)C(O)C(O)C2C)NC(=O)CCCCCCCCC(=O)N2C[C@@H](O)C[C@H]2CCC(C)(C)C)OC(CO)C(O)C1O. The van der Waals surface area contributed by atoms with Crippen LogP contribution in [-0.2, 0) is 81.0 Å². The summed E-state index contributed by atoms with van der Waals surface area (Å²) in [7, 11) is 0. The van der Waals surface area contributed by atoms with Crippen LogP contribution in [-0.4, -0.2) is 280 Å². The number of nitrogens with zero attached hydrogens (tertiary/aromatic N) is 1. The average molecular weight is 1620 g/mol. The fourth-order valence-corrected chi connectivity index (χ4v) is 14.8. The first-order valence-corrected chi connectivity index (χ1v) is 42.9. The summed E-state index contributed by atoms with van der Waals surface area (Å²) in [6, 6.07) is 0.0519. The zero-order valence-electron chi connectivity index (χ0n) is 69.2. The van der Waals surface area contributed by atoms with E-state index in [4.69, 9.17) is 42.6 Å². The van der Waals surface area contributed by atoms with Crippen molar-refractivity contribution in [1.82, 2.24) is 10.2 Å². The highest BCUT2D eigenvalue weighted by molar-refractivity contribution is 5.81. The number of aliphatic hydroxyl groups excluding tert-OH is 10. The van der Waals surface area contributed by atoms with Gasteiger partial charge in [0.05, 0.1) is 83.9 Å². The summed E-state index contributed by atoms with van der Waals surface area (Å²) in [6.45, 7) is 11.1. The second-order valence-electron chi connectivity index (χ2n) is 33.6. The molecule has 0 aromatic carbocycles. The number of rotatable bonds is 66. The number of carbonyl (C=O) groups excluding carboxylic acids is 8. The molecule has 0 saturated carbocycles. The lowest BCUT2D eigenvalue weighted by atomic mass is 9.88. The minimum atomic E-state index is -1.31. The van der Waals surface area contributed by atoms with Crippen molar-refractivity contribution < 1.29 is 132 Å². The third-order valence-electron chi connectivity index (χ3n) is 22.3. The molecule has 4 aliphatic rings. The van der Waals surface area contributed by atoms with E-state index in [1.54, 1.807) is 20.8 Å². The third kappa shape index (κ3) is 41.2. The summed E-state index contributed by atoms with van der Waals surface area (Å²) in [5.41, 5.74) is -1.18. The van der Waals surface area contributed by atoms with Crippen LogP contribution < -0.4 is 5.32 Å². The van der Waals surface area contributed by atoms with E-state index in [9.17, 15) is 89.4 Å². The molecule has 113 heavy (non-hydrogen) atoms. The predicted octanol–water partition coefficient (Wildman–Crippen LogP) is 7.02. The molecule has 0 aromatic rings. The van der Waals surface area contributed by atoms with E-state index >= 15 is 0 Å². The van der Waals surface area contributed by atoms with Gasteiger partial charge in [0.15, 0.2) is 18.9 Å². The number of ketones is 6. The molecule has 0 radical (unpaired) electrons. The maximum atomic E-state index is 14.1. The lowest BCUT2D eigenvalue weighted by Crippen LogP contribution is -2.58. The van der Waals surface area contributed by atoms with Crippen molar-refractivity contribution in [2.24, 2.45) is 23.2 Å². The summed E-state index contributed by atoms with van der Waals surface area (Å²) in [6.07, 6.45) is 7.24. The number of likely N-dealkylation sites (tertiary alicyclic amines) is 1. The number of unbranched alkanes of at least 4 members (excludes halogenated alkanes) is 14. The van der Waals surface area contributed by atoms with Crippen LogP contribution in [0.25, 0.3) is 0 Å². The second-order valence-corrected chi connectivity index (χ2v) is 33.6. The van der Waals surface area contributed by atoms with Gasteiger partial charge in [-0.05, 0) is 115 Å². The van der Waals surface area contributed by atoms with Gasteiger partial charge in [-0.15, -0.1) is 0 Å². The summed E-state index contributed by atoms with van der Waals surface area (Å²) < 4.78 is 52.8. The van der Waals surface area contributed by atoms with Gasteiger partial charge in [0.1, 0.15) is 76.9 Å².